The van der Waals surface area contributed by atoms with Crippen molar-refractivity contribution in [2.24, 2.45) is 0 Å². The summed E-state index contributed by atoms with van der Waals surface area (Å²) >= 11 is 0. The smallest absolute Gasteiger partial charge is 0.243 e. The molecule has 2 aliphatic heterocycles. The molecule has 2 saturated heterocycles. The van der Waals surface area contributed by atoms with Crippen LogP contribution in [0.1, 0.15) is 32.1 Å². The summed E-state index contributed by atoms with van der Waals surface area (Å²) in [5.41, 5.74) is 4.30. The number of nitrogens with one attached hydrogen (secondary N) is 2. The molecule has 0 spiro atoms. The zero-order chi connectivity index (χ0) is 25.0. The average molecular weight is 494 g/mol. The first-order chi connectivity index (χ1) is 17.4. The van der Waals surface area contributed by atoms with Crippen LogP contribution in [0.2, 0.25) is 0 Å². The van der Waals surface area contributed by atoms with E-state index < -0.39 is 6.17 Å². The normalized spacial score (nSPS) is 21.4. The Morgan fingerprint density at radius 1 is 1.14 bits per heavy atom. The fourth-order valence-corrected chi connectivity index (χ4v) is 5.34. The van der Waals surface area contributed by atoms with Crippen molar-refractivity contribution in [2.45, 2.75) is 51.5 Å². The molecule has 6 rings (SSSR count). The van der Waals surface area contributed by atoms with Crippen LogP contribution in [-0.2, 0) is 4.74 Å². The lowest BCUT2D eigenvalue weighted by atomic mass is 10.0. The maximum atomic E-state index is 15.0. The number of anilines is 2. The van der Waals surface area contributed by atoms with Gasteiger partial charge in [-0.15, -0.1) is 5.10 Å². The third-order valence-corrected chi connectivity index (χ3v) is 7.28. The van der Waals surface area contributed by atoms with Crippen LogP contribution in [0.3, 0.4) is 0 Å². The summed E-state index contributed by atoms with van der Waals surface area (Å²) in [6, 6.07) is 6.25. The highest BCUT2D eigenvalue weighted by Crippen LogP contribution is 2.31. The molecule has 2 aliphatic rings. The fourth-order valence-electron chi connectivity index (χ4n) is 5.34. The zero-order valence-electron chi connectivity index (χ0n) is 21.1. The Balaban J connectivity index is 1.30. The van der Waals surface area contributed by atoms with Gasteiger partial charge in [-0.05, 0) is 45.4 Å². The van der Waals surface area contributed by atoms with E-state index in [0.29, 0.717) is 44.0 Å². The Kier molecular flexibility index (Phi) is 5.76. The number of pyridine rings is 1. The van der Waals surface area contributed by atoms with Crippen molar-refractivity contribution in [3.05, 3.63) is 30.2 Å². The monoisotopic (exact) mass is 493 g/mol. The average Bonchev–Trinajstić information content (AvgIpc) is 3.38. The first-order valence-electron chi connectivity index (χ1n) is 12.6. The number of likely N-dealkylation sites (tertiary alicyclic amines) is 1. The molecule has 190 valence electrons. The molecular weight excluding hydrogens is 461 g/mol. The number of nitrogens with zero attached hydrogens (tertiary/aromatic N) is 7. The first-order valence-corrected chi connectivity index (χ1v) is 12.6. The second kappa shape index (κ2) is 8.97. The number of rotatable bonds is 6. The van der Waals surface area contributed by atoms with Gasteiger partial charge in [-0.1, -0.05) is 0 Å². The van der Waals surface area contributed by atoms with E-state index in [1.165, 1.54) is 0 Å². The lowest BCUT2D eigenvalue weighted by Crippen LogP contribution is -2.57. The van der Waals surface area contributed by atoms with Gasteiger partial charge in [0.1, 0.15) is 23.0 Å². The molecule has 0 radical (unpaired) electrons. The van der Waals surface area contributed by atoms with Crippen molar-refractivity contribution in [3.63, 3.8) is 0 Å². The van der Waals surface area contributed by atoms with Gasteiger partial charge in [-0.2, -0.15) is 4.98 Å². The number of imidazole rings is 1. The van der Waals surface area contributed by atoms with Crippen molar-refractivity contribution < 1.29 is 9.13 Å². The molecule has 4 aromatic rings. The molecule has 2 N–H and O–H groups in total. The molecule has 4 aromatic heterocycles. The Morgan fingerprint density at radius 3 is 2.67 bits per heavy atom. The van der Waals surface area contributed by atoms with Gasteiger partial charge in [-0.25, -0.2) is 18.9 Å². The number of alkyl halides is 1. The molecule has 10 nitrogen and oxygen atoms in total. The van der Waals surface area contributed by atoms with E-state index in [9.17, 15) is 0 Å². The Labute approximate surface area is 208 Å². The second-order valence-corrected chi connectivity index (χ2v) is 9.96. The van der Waals surface area contributed by atoms with E-state index in [0.717, 1.165) is 40.3 Å². The van der Waals surface area contributed by atoms with Gasteiger partial charge in [0.25, 0.3) is 0 Å². The van der Waals surface area contributed by atoms with Crippen LogP contribution in [0, 0.1) is 6.92 Å². The van der Waals surface area contributed by atoms with E-state index in [1.54, 1.807) is 4.52 Å². The summed E-state index contributed by atoms with van der Waals surface area (Å²) in [5.74, 6) is 2.00. The van der Waals surface area contributed by atoms with Crippen molar-refractivity contribution in [3.8, 4) is 11.3 Å². The number of aromatic nitrogens is 6. The van der Waals surface area contributed by atoms with E-state index in [4.69, 9.17) is 14.7 Å². The van der Waals surface area contributed by atoms with Gasteiger partial charge in [-0.3, -0.25) is 4.90 Å². The summed E-state index contributed by atoms with van der Waals surface area (Å²) < 4.78 is 24.2. The number of aryl methyl sites for hydroxylation is 1. The number of hydrogen-bond donors (Lipinski definition) is 2. The molecule has 36 heavy (non-hydrogen) atoms. The van der Waals surface area contributed by atoms with Gasteiger partial charge in [0.05, 0.1) is 31.0 Å². The molecule has 0 amide bonds. The topological polar surface area (TPSA) is 97.4 Å². The quantitative estimate of drug-likeness (QED) is 0.422. The Bertz CT molecular complexity index is 1410. The lowest BCUT2D eigenvalue weighted by Gasteiger charge is -2.42. The number of piperidine rings is 1. The summed E-state index contributed by atoms with van der Waals surface area (Å²) in [6.07, 6.45) is 1.58. The van der Waals surface area contributed by atoms with Crippen LogP contribution in [0.15, 0.2) is 24.4 Å². The van der Waals surface area contributed by atoms with Crippen LogP contribution in [0.4, 0.5) is 16.2 Å². The minimum absolute atomic E-state index is 0.251. The van der Waals surface area contributed by atoms with E-state index in [1.807, 2.05) is 38.4 Å². The molecule has 0 aliphatic carbocycles. The van der Waals surface area contributed by atoms with Crippen LogP contribution in [0.5, 0.6) is 0 Å². The standard InChI is InChI=1S/C25H32FN9O/c1-14(2)35-15(3)28-21-6-5-19(29-24(21)35)17-7-10-34-22(17)23(27-4)31-25(32-34)30-20-8-9-33(11-18(20)26)16-12-36-13-16/h5-7,10,14,16,18,20H,8-9,11-13H2,1-4H3,(H2,27,30,31,32)/t18-,20+/m0/s1. The van der Waals surface area contributed by atoms with Crippen LogP contribution >= 0.6 is 0 Å². The molecule has 0 unspecified atom stereocenters. The Hall–Kier alpha value is -3.31. The van der Waals surface area contributed by atoms with Crippen molar-refractivity contribution in [2.75, 3.05) is 44.0 Å². The van der Waals surface area contributed by atoms with Crippen molar-refractivity contribution in [1.29, 1.82) is 0 Å². The summed E-state index contributed by atoms with van der Waals surface area (Å²) in [4.78, 5) is 16.5. The number of fused-ring (bicyclic) bond motifs is 2. The van der Waals surface area contributed by atoms with Crippen molar-refractivity contribution >= 4 is 28.4 Å². The molecule has 6 heterocycles. The highest BCUT2D eigenvalue weighted by Gasteiger charge is 2.35. The van der Waals surface area contributed by atoms with Crippen LogP contribution in [-0.4, -0.2) is 85.6 Å². The minimum Gasteiger partial charge on any atom is -0.378 e. The summed E-state index contributed by atoms with van der Waals surface area (Å²) in [7, 11) is 1.83. The summed E-state index contributed by atoms with van der Waals surface area (Å²) in [6.45, 7) is 8.91. The molecule has 0 aromatic carbocycles. The lowest BCUT2D eigenvalue weighted by molar-refractivity contribution is -0.0794. The predicted molar refractivity (Wildman–Crippen MR) is 137 cm³/mol. The molecular formula is C25H32FN9O. The van der Waals surface area contributed by atoms with Gasteiger partial charge in [0.15, 0.2) is 11.5 Å². The largest absolute Gasteiger partial charge is 0.378 e. The molecule has 2 atom stereocenters. The van der Waals surface area contributed by atoms with Gasteiger partial charge in [0, 0.05) is 37.9 Å². The SMILES string of the molecule is CNc1nc(N[C@@H]2CCN(C3COC3)C[C@@H]2F)nn2ccc(-c3ccc4nc(C)n(C(C)C)c4n3)c12. The summed E-state index contributed by atoms with van der Waals surface area (Å²) in [5, 5.41) is 11.1. The van der Waals surface area contributed by atoms with Gasteiger partial charge in [0.2, 0.25) is 5.95 Å². The molecule has 0 bridgehead atoms. The minimum atomic E-state index is -0.998. The van der Waals surface area contributed by atoms with E-state index in [-0.39, 0.29) is 12.1 Å². The van der Waals surface area contributed by atoms with Gasteiger partial charge < -0.3 is 19.9 Å². The maximum absolute atomic E-state index is 15.0. The maximum Gasteiger partial charge on any atom is 0.243 e. The third kappa shape index (κ3) is 3.86. The number of hydrogen-bond acceptors (Lipinski definition) is 8. The molecule has 11 heteroatoms. The molecule has 2 fully saturated rings. The van der Waals surface area contributed by atoms with E-state index in [2.05, 4.69) is 44.0 Å². The first kappa shape index (κ1) is 23.1. The Morgan fingerprint density at radius 2 is 1.97 bits per heavy atom. The second-order valence-electron chi connectivity index (χ2n) is 9.96. The van der Waals surface area contributed by atoms with Crippen LogP contribution < -0.4 is 10.6 Å². The van der Waals surface area contributed by atoms with Crippen molar-refractivity contribution in [1.82, 2.24) is 34.0 Å². The van der Waals surface area contributed by atoms with Gasteiger partial charge >= 0.3 is 0 Å². The fraction of sp³-hybridized carbons (Fsp3) is 0.520. The number of halogens is 1. The third-order valence-electron chi connectivity index (χ3n) is 7.28. The predicted octanol–water partition coefficient (Wildman–Crippen LogP) is 3.30. The highest BCUT2D eigenvalue weighted by molar-refractivity contribution is 5.89. The zero-order valence-corrected chi connectivity index (χ0v) is 21.1. The highest BCUT2D eigenvalue weighted by atomic mass is 19.1. The van der Waals surface area contributed by atoms with E-state index >= 15 is 4.39 Å². The number of ether oxygens (including phenoxy) is 1. The molecule has 0 saturated carbocycles. The van der Waals surface area contributed by atoms with Crippen LogP contribution in [0.25, 0.3) is 27.9 Å².